The molecule has 1 heterocycles. The van der Waals surface area contributed by atoms with Crippen molar-refractivity contribution in [2.75, 3.05) is 0 Å². The third kappa shape index (κ3) is 1.97. The van der Waals surface area contributed by atoms with E-state index in [9.17, 15) is 0 Å². The van der Waals surface area contributed by atoms with Crippen molar-refractivity contribution >= 4 is 0 Å². The Kier molecular flexibility index (Phi) is 2.55. The molecular formula is C10H12N4. The summed E-state index contributed by atoms with van der Waals surface area (Å²) in [7, 11) is 0. The molecule has 1 unspecified atom stereocenters. The molecule has 0 aliphatic rings. The summed E-state index contributed by atoms with van der Waals surface area (Å²) >= 11 is 0. The van der Waals surface area contributed by atoms with Crippen molar-refractivity contribution in [2.24, 2.45) is 5.73 Å². The van der Waals surface area contributed by atoms with E-state index in [1.54, 1.807) is 17.1 Å². The molecule has 1 aromatic carbocycles. The molecule has 0 aliphatic carbocycles. The standard InChI is InChI=1S/C10H12N4/c11-10(14-7-6-12-13-14)8-9-4-2-1-3-5-9/h1-7,10H,8,11H2. The molecule has 0 saturated carbocycles. The summed E-state index contributed by atoms with van der Waals surface area (Å²) in [6, 6.07) is 10.1. The fraction of sp³-hybridized carbons (Fsp3) is 0.200. The molecule has 2 N–H and O–H groups in total. The maximum atomic E-state index is 5.93. The SMILES string of the molecule is NC(Cc1ccccc1)n1ccnn1. The van der Waals surface area contributed by atoms with Crippen molar-refractivity contribution in [3.8, 4) is 0 Å². The number of hydrogen-bond donors (Lipinski definition) is 1. The normalized spacial score (nSPS) is 12.6. The van der Waals surface area contributed by atoms with Gasteiger partial charge in [-0.25, -0.2) is 4.68 Å². The predicted molar refractivity (Wildman–Crippen MR) is 53.4 cm³/mol. The van der Waals surface area contributed by atoms with Gasteiger partial charge >= 0.3 is 0 Å². The summed E-state index contributed by atoms with van der Waals surface area (Å²) in [5, 5.41) is 7.57. The molecule has 2 aromatic rings. The van der Waals surface area contributed by atoms with Crippen LogP contribution in [0.25, 0.3) is 0 Å². The molecule has 2 rings (SSSR count). The number of nitrogens with zero attached hydrogens (tertiary/aromatic N) is 3. The van der Waals surface area contributed by atoms with E-state index in [1.807, 2.05) is 18.2 Å². The van der Waals surface area contributed by atoms with Crippen molar-refractivity contribution in [3.05, 3.63) is 48.3 Å². The molecule has 1 atom stereocenters. The quantitative estimate of drug-likeness (QED) is 0.781. The Morgan fingerprint density at radius 1 is 1.29 bits per heavy atom. The van der Waals surface area contributed by atoms with Crippen molar-refractivity contribution in [3.63, 3.8) is 0 Å². The van der Waals surface area contributed by atoms with Crippen LogP contribution in [0.3, 0.4) is 0 Å². The molecule has 0 aliphatic heterocycles. The molecule has 72 valence electrons. The van der Waals surface area contributed by atoms with E-state index in [0.29, 0.717) is 0 Å². The fourth-order valence-electron chi connectivity index (χ4n) is 1.34. The van der Waals surface area contributed by atoms with Gasteiger partial charge in [0.05, 0.1) is 6.20 Å². The number of benzene rings is 1. The third-order valence-corrected chi connectivity index (χ3v) is 2.07. The second kappa shape index (κ2) is 4.02. The van der Waals surface area contributed by atoms with E-state index in [-0.39, 0.29) is 6.17 Å². The molecule has 4 nitrogen and oxygen atoms in total. The largest absolute Gasteiger partial charge is 0.309 e. The van der Waals surface area contributed by atoms with Gasteiger partial charge in [-0.15, -0.1) is 5.10 Å². The highest BCUT2D eigenvalue weighted by Crippen LogP contribution is 2.07. The van der Waals surface area contributed by atoms with Crippen LogP contribution in [-0.4, -0.2) is 15.0 Å². The Labute approximate surface area is 82.4 Å². The lowest BCUT2D eigenvalue weighted by Crippen LogP contribution is -2.21. The average Bonchev–Trinajstić information content (AvgIpc) is 2.72. The van der Waals surface area contributed by atoms with Crippen LogP contribution < -0.4 is 5.73 Å². The van der Waals surface area contributed by atoms with Gasteiger partial charge in [0.25, 0.3) is 0 Å². The van der Waals surface area contributed by atoms with Gasteiger partial charge < -0.3 is 5.73 Å². The Bertz CT molecular complexity index is 368. The lowest BCUT2D eigenvalue weighted by atomic mass is 10.1. The molecule has 4 heteroatoms. The second-order valence-electron chi connectivity index (χ2n) is 3.14. The fourth-order valence-corrected chi connectivity index (χ4v) is 1.34. The van der Waals surface area contributed by atoms with Gasteiger partial charge in [-0.2, -0.15) is 0 Å². The summed E-state index contributed by atoms with van der Waals surface area (Å²) in [5.74, 6) is 0. The topological polar surface area (TPSA) is 56.7 Å². The first-order valence-corrected chi connectivity index (χ1v) is 4.51. The highest BCUT2D eigenvalue weighted by molar-refractivity contribution is 5.15. The number of rotatable bonds is 3. The van der Waals surface area contributed by atoms with Gasteiger partial charge in [-0.1, -0.05) is 35.5 Å². The minimum Gasteiger partial charge on any atom is -0.309 e. The predicted octanol–water partition coefficient (Wildman–Crippen LogP) is 0.978. The van der Waals surface area contributed by atoms with E-state index in [0.717, 1.165) is 6.42 Å². The first kappa shape index (κ1) is 8.90. The van der Waals surface area contributed by atoms with E-state index in [1.165, 1.54) is 5.56 Å². The molecule has 0 fully saturated rings. The molecule has 0 amide bonds. The van der Waals surface area contributed by atoms with Gasteiger partial charge in [0.2, 0.25) is 0 Å². The van der Waals surface area contributed by atoms with Crippen LogP contribution >= 0.6 is 0 Å². The number of nitrogens with two attached hydrogens (primary N) is 1. The molecule has 1 aromatic heterocycles. The minimum atomic E-state index is -0.139. The van der Waals surface area contributed by atoms with Crippen LogP contribution in [0.4, 0.5) is 0 Å². The summed E-state index contributed by atoms with van der Waals surface area (Å²) < 4.78 is 1.66. The summed E-state index contributed by atoms with van der Waals surface area (Å²) in [4.78, 5) is 0. The Morgan fingerprint density at radius 3 is 2.71 bits per heavy atom. The van der Waals surface area contributed by atoms with Crippen LogP contribution in [0, 0.1) is 0 Å². The van der Waals surface area contributed by atoms with Crippen molar-refractivity contribution in [2.45, 2.75) is 12.6 Å². The van der Waals surface area contributed by atoms with Crippen LogP contribution in [-0.2, 0) is 6.42 Å². The van der Waals surface area contributed by atoms with E-state index in [4.69, 9.17) is 5.73 Å². The van der Waals surface area contributed by atoms with Gasteiger partial charge in [0.1, 0.15) is 6.17 Å². The first-order chi connectivity index (χ1) is 6.86. The van der Waals surface area contributed by atoms with Gasteiger partial charge in [0.15, 0.2) is 0 Å². The number of aromatic nitrogens is 3. The lowest BCUT2D eigenvalue weighted by molar-refractivity contribution is 0.453. The Balaban J connectivity index is 2.06. The maximum absolute atomic E-state index is 5.93. The highest BCUT2D eigenvalue weighted by atomic mass is 15.4. The molecule has 0 saturated heterocycles. The second-order valence-corrected chi connectivity index (χ2v) is 3.14. The average molecular weight is 188 g/mol. The zero-order chi connectivity index (χ0) is 9.80. The van der Waals surface area contributed by atoms with E-state index < -0.39 is 0 Å². The molecule has 0 radical (unpaired) electrons. The van der Waals surface area contributed by atoms with Gasteiger partial charge in [-0.3, -0.25) is 0 Å². The lowest BCUT2D eigenvalue weighted by Gasteiger charge is -2.10. The van der Waals surface area contributed by atoms with Crippen molar-refractivity contribution < 1.29 is 0 Å². The Hall–Kier alpha value is -1.68. The van der Waals surface area contributed by atoms with Crippen LogP contribution in [0.5, 0.6) is 0 Å². The van der Waals surface area contributed by atoms with Crippen molar-refractivity contribution in [1.82, 2.24) is 15.0 Å². The van der Waals surface area contributed by atoms with Gasteiger partial charge in [-0.05, 0) is 5.56 Å². The maximum Gasteiger partial charge on any atom is 0.105 e. The van der Waals surface area contributed by atoms with Gasteiger partial charge in [0, 0.05) is 12.6 Å². The van der Waals surface area contributed by atoms with E-state index >= 15 is 0 Å². The monoisotopic (exact) mass is 188 g/mol. The van der Waals surface area contributed by atoms with Crippen LogP contribution in [0.1, 0.15) is 11.7 Å². The zero-order valence-electron chi connectivity index (χ0n) is 7.74. The van der Waals surface area contributed by atoms with Crippen LogP contribution in [0.2, 0.25) is 0 Å². The highest BCUT2D eigenvalue weighted by Gasteiger charge is 2.05. The molecule has 0 bridgehead atoms. The zero-order valence-corrected chi connectivity index (χ0v) is 7.74. The van der Waals surface area contributed by atoms with Crippen molar-refractivity contribution in [1.29, 1.82) is 0 Å². The Morgan fingerprint density at radius 2 is 2.07 bits per heavy atom. The molecule has 14 heavy (non-hydrogen) atoms. The molecular weight excluding hydrogens is 176 g/mol. The van der Waals surface area contributed by atoms with Crippen LogP contribution in [0.15, 0.2) is 42.7 Å². The van der Waals surface area contributed by atoms with E-state index in [2.05, 4.69) is 22.4 Å². The minimum absolute atomic E-state index is 0.139. The smallest absolute Gasteiger partial charge is 0.105 e. The molecule has 0 spiro atoms. The third-order valence-electron chi connectivity index (χ3n) is 2.07. The summed E-state index contributed by atoms with van der Waals surface area (Å²) in [6.45, 7) is 0. The first-order valence-electron chi connectivity index (χ1n) is 4.51. The summed E-state index contributed by atoms with van der Waals surface area (Å²) in [5.41, 5.74) is 7.14. The summed E-state index contributed by atoms with van der Waals surface area (Å²) in [6.07, 6.45) is 4.03. The number of hydrogen-bond acceptors (Lipinski definition) is 3.